The summed E-state index contributed by atoms with van der Waals surface area (Å²) in [4.78, 5) is 21.1. The van der Waals surface area contributed by atoms with Crippen LogP contribution < -0.4 is 4.90 Å². The molecule has 3 rings (SSSR count). The largest absolute Gasteiger partial charge is 0.387 e. The molecule has 1 aromatic heterocycles. The lowest BCUT2D eigenvalue weighted by Crippen LogP contribution is -2.29. The van der Waals surface area contributed by atoms with E-state index in [4.69, 9.17) is 16.7 Å². The van der Waals surface area contributed by atoms with E-state index in [1.807, 2.05) is 37.3 Å². The summed E-state index contributed by atoms with van der Waals surface area (Å²) in [6.45, 7) is 1.43. The average molecular weight is 330 g/mol. The van der Waals surface area contributed by atoms with Gasteiger partial charge in [0.05, 0.1) is 16.7 Å². The van der Waals surface area contributed by atoms with Crippen LogP contribution in [0.15, 0.2) is 36.4 Å². The molecule has 0 radical (unpaired) electrons. The molecule has 118 valence electrons. The number of nitrogens with one attached hydrogen (secondary N) is 1. The smallest absolute Gasteiger partial charge is 0.252 e. The average Bonchev–Trinajstić information content (AvgIpc) is 2.96. The molecule has 0 aliphatic carbocycles. The number of carbonyl (C=O) groups is 1. The minimum absolute atomic E-state index is 0.380. The van der Waals surface area contributed by atoms with Crippen molar-refractivity contribution in [3.05, 3.63) is 47.0 Å². The molecule has 0 saturated heterocycles. The third-order valence-corrected chi connectivity index (χ3v) is 3.96. The van der Waals surface area contributed by atoms with Crippen molar-refractivity contribution < 1.29 is 9.90 Å². The predicted octanol–water partition coefficient (Wildman–Crippen LogP) is 3.15. The van der Waals surface area contributed by atoms with Crippen LogP contribution >= 0.6 is 11.6 Å². The van der Waals surface area contributed by atoms with Gasteiger partial charge in [-0.3, -0.25) is 4.79 Å². The van der Waals surface area contributed by atoms with E-state index in [0.29, 0.717) is 16.5 Å². The maximum absolute atomic E-state index is 11.8. The van der Waals surface area contributed by atoms with Gasteiger partial charge in [-0.25, -0.2) is 4.98 Å². The number of aliphatic hydroxyl groups excluding tert-OH is 1. The number of amides is 1. The quantitative estimate of drug-likeness (QED) is 0.775. The fraction of sp³-hybridized carbons (Fsp3) is 0.176. The van der Waals surface area contributed by atoms with E-state index < -0.39 is 6.61 Å². The van der Waals surface area contributed by atoms with E-state index in [2.05, 4.69) is 9.97 Å². The summed E-state index contributed by atoms with van der Waals surface area (Å²) in [7, 11) is 1.63. The molecule has 0 spiro atoms. The molecule has 1 amide bonds. The first-order chi connectivity index (χ1) is 11.0. The van der Waals surface area contributed by atoms with Crippen molar-refractivity contribution in [2.24, 2.45) is 0 Å². The molecular weight excluding hydrogens is 314 g/mol. The number of fused-ring (bicyclic) bond motifs is 1. The number of aromatic amines is 1. The lowest BCUT2D eigenvalue weighted by molar-refractivity contribution is -0.120. The number of rotatable bonds is 3. The first kappa shape index (κ1) is 15.5. The number of aryl methyl sites for hydroxylation is 1. The van der Waals surface area contributed by atoms with Crippen molar-refractivity contribution in [1.29, 1.82) is 0 Å². The lowest BCUT2D eigenvalue weighted by atomic mass is 10.1. The molecule has 0 unspecified atom stereocenters. The van der Waals surface area contributed by atoms with Gasteiger partial charge in [0.25, 0.3) is 5.91 Å². The molecule has 23 heavy (non-hydrogen) atoms. The monoisotopic (exact) mass is 329 g/mol. The van der Waals surface area contributed by atoms with Gasteiger partial charge in [0, 0.05) is 17.6 Å². The number of H-pyrrole nitrogens is 1. The van der Waals surface area contributed by atoms with Gasteiger partial charge in [0.2, 0.25) is 0 Å². The van der Waals surface area contributed by atoms with Crippen LogP contribution in [-0.2, 0) is 4.79 Å². The molecular formula is C17H16ClN3O2. The Morgan fingerprint density at radius 3 is 2.83 bits per heavy atom. The van der Waals surface area contributed by atoms with E-state index in [-0.39, 0.29) is 5.91 Å². The number of hydrogen-bond acceptors (Lipinski definition) is 3. The fourth-order valence-corrected chi connectivity index (χ4v) is 2.65. The van der Waals surface area contributed by atoms with Crippen LogP contribution in [0, 0.1) is 6.92 Å². The van der Waals surface area contributed by atoms with Crippen LogP contribution in [0.1, 0.15) is 5.56 Å². The minimum atomic E-state index is -0.542. The van der Waals surface area contributed by atoms with Gasteiger partial charge < -0.3 is 15.0 Å². The Hall–Kier alpha value is -2.37. The maximum Gasteiger partial charge on any atom is 0.252 e. The molecule has 0 fully saturated rings. The van der Waals surface area contributed by atoms with E-state index in [0.717, 1.165) is 22.2 Å². The number of benzene rings is 2. The number of aromatic nitrogens is 2. The first-order valence-corrected chi connectivity index (χ1v) is 7.51. The van der Waals surface area contributed by atoms with E-state index >= 15 is 0 Å². The molecule has 3 aromatic rings. The lowest BCUT2D eigenvalue weighted by Gasteiger charge is -2.19. The fourth-order valence-electron chi connectivity index (χ4n) is 2.48. The second-order valence-electron chi connectivity index (χ2n) is 5.38. The Morgan fingerprint density at radius 1 is 1.30 bits per heavy atom. The van der Waals surface area contributed by atoms with Crippen molar-refractivity contribution >= 4 is 34.2 Å². The second-order valence-corrected chi connectivity index (χ2v) is 5.81. The highest BCUT2D eigenvalue weighted by Gasteiger charge is 2.17. The van der Waals surface area contributed by atoms with Crippen molar-refractivity contribution in [2.75, 3.05) is 18.6 Å². The Kier molecular flexibility index (Phi) is 4.07. The number of likely N-dealkylation sites (N-methyl/N-ethyl adjacent to an activating group) is 1. The zero-order valence-corrected chi connectivity index (χ0v) is 13.6. The standard InChI is InChI=1S/C17H16ClN3O2/c1-10-3-6-15(21(2)16(23)9-22)12(7-10)17-19-13-5-4-11(18)8-14(13)20-17/h3-8,22H,9H2,1-2H3,(H,19,20). The van der Waals surface area contributed by atoms with Crippen LogP contribution in [0.4, 0.5) is 5.69 Å². The minimum Gasteiger partial charge on any atom is -0.387 e. The van der Waals surface area contributed by atoms with Gasteiger partial charge >= 0.3 is 0 Å². The van der Waals surface area contributed by atoms with Gasteiger partial charge in [0.15, 0.2) is 0 Å². The second kappa shape index (κ2) is 6.02. The molecule has 0 bridgehead atoms. The molecule has 6 heteroatoms. The van der Waals surface area contributed by atoms with E-state index in [9.17, 15) is 4.79 Å². The Morgan fingerprint density at radius 2 is 2.09 bits per heavy atom. The maximum atomic E-state index is 11.8. The molecule has 0 aliphatic rings. The van der Waals surface area contributed by atoms with Crippen molar-refractivity contribution in [1.82, 2.24) is 9.97 Å². The number of carbonyl (C=O) groups excluding carboxylic acids is 1. The third-order valence-electron chi connectivity index (χ3n) is 3.72. The summed E-state index contributed by atoms with van der Waals surface area (Å²) in [6, 6.07) is 11.2. The van der Waals surface area contributed by atoms with Crippen LogP contribution in [0.3, 0.4) is 0 Å². The van der Waals surface area contributed by atoms with Crippen molar-refractivity contribution in [3.63, 3.8) is 0 Å². The molecule has 0 aliphatic heterocycles. The highest BCUT2D eigenvalue weighted by Crippen LogP contribution is 2.31. The number of imidazole rings is 1. The van der Waals surface area contributed by atoms with E-state index in [1.165, 1.54) is 4.90 Å². The van der Waals surface area contributed by atoms with Crippen LogP contribution in [0.25, 0.3) is 22.4 Å². The van der Waals surface area contributed by atoms with Crippen LogP contribution in [0.5, 0.6) is 0 Å². The molecule has 0 atom stereocenters. The van der Waals surface area contributed by atoms with Crippen LogP contribution in [-0.4, -0.2) is 34.6 Å². The number of nitrogens with zero attached hydrogens (tertiary/aromatic N) is 2. The molecule has 5 nitrogen and oxygen atoms in total. The number of halogens is 1. The zero-order chi connectivity index (χ0) is 16.6. The van der Waals surface area contributed by atoms with E-state index in [1.54, 1.807) is 13.1 Å². The van der Waals surface area contributed by atoms with Crippen molar-refractivity contribution in [3.8, 4) is 11.4 Å². The summed E-state index contributed by atoms with van der Waals surface area (Å²) in [5.74, 6) is 0.271. The normalized spacial score (nSPS) is 11.0. The first-order valence-electron chi connectivity index (χ1n) is 7.13. The predicted molar refractivity (Wildman–Crippen MR) is 91.8 cm³/mol. The molecule has 0 saturated carbocycles. The summed E-state index contributed by atoms with van der Waals surface area (Å²) < 4.78 is 0. The Labute approximate surface area is 138 Å². The van der Waals surface area contributed by atoms with Gasteiger partial charge in [-0.15, -0.1) is 0 Å². The Balaban J connectivity index is 2.16. The highest BCUT2D eigenvalue weighted by molar-refractivity contribution is 6.31. The Bertz CT molecular complexity index is 889. The van der Waals surface area contributed by atoms with Gasteiger partial charge in [-0.05, 0) is 37.3 Å². The SMILES string of the molecule is Cc1ccc(N(C)C(=O)CO)c(-c2nc3ccc(Cl)cc3[nH]2)c1. The summed E-state index contributed by atoms with van der Waals surface area (Å²) in [5, 5.41) is 9.73. The summed E-state index contributed by atoms with van der Waals surface area (Å²) >= 11 is 6.01. The zero-order valence-electron chi connectivity index (χ0n) is 12.8. The third kappa shape index (κ3) is 2.93. The number of aliphatic hydroxyl groups is 1. The molecule has 2 aromatic carbocycles. The summed E-state index contributed by atoms with van der Waals surface area (Å²) in [6.07, 6.45) is 0. The number of hydrogen-bond donors (Lipinski definition) is 2. The molecule has 1 heterocycles. The van der Waals surface area contributed by atoms with Gasteiger partial charge in [-0.2, -0.15) is 0 Å². The van der Waals surface area contributed by atoms with Gasteiger partial charge in [-0.1, -0.05) is 23.2 Å². The highest BCUT2D eigenvalue weighted by atomic mass is 35.5. The molecule has 2 N–H and O–H groups in total. The van der Waals surface area contributed by atoms with Gasteiger partial charge in [0.1, 0.15) is 12.4 Å². The topological polar surface area (TPSA) is 69.2 Å². The van der Waals surface area contributed by atoms with Crippen molar-refractivity contribution in [2.45, 2.75) is 6.92 Å². The number of anilines is 1. The van der Waals surface area contributed by atoms with Crippen LogP contribution in [0.2, 0.25) is 5.02 Å². The summed E-state index contributed by atoms with van der Waals surface area (Å²) in [5.41, 5.74) is 4.15.